The monoisotopic (exact) mass is 450 g/mol. The number of likely N-dealkylation sites (tertiary alicyclic amines) is 1. The van der Waals surface area contributed by atoms with E-state index in [0.29, 0.717) is 30.9 Å². The molecule has 0 unspecified atom stereocenters. The summed E-state index contributed by atoms with van der Waals surface area (Å²) in [5.41, 5.74) is 7.67. The van der Waals surface area contributed by atoms with Crippen LogP contribution >= 0.6 is 0 Å². The van der Waals surface area contributed by atoms with Crippen molar-refractivity contribution in [1.82, 2.24) is 15.2 Å². The third-order valence-electron chi connectivity index (χ3n) is 6.42. The number of aromatic nitrogens is 1. The van der Waals surface area contributed by atoms with E-state index in [0.717, 1.165) is 23.8 Å². The zero-order valence-electron chi connectivity index (χ0n) is 19.1. The second-order valence-electron chi connectivity index (χ2n) is 9.47. The maximum Gasteiger partial charge on any atom is 0.245 e. The van der Waals surface area contributed by atoms with Crippen LogP contribution < -0.4 is 11.1 Å². The van der Waals surface area contributed by atoms with Crippen LogP contribution in [0.1, 0.15) is 43.7 Å². The van der Waals surface area contributed by atoms with Gasteiger partial charge < -0.3 is 20.9 Å². The lowest BCUT2D eigenvalue weighted by Crippen LogP contribution is -2.57. The Labute approximate surface area is 193 Å². The van der Waals surface area contributed by atoms with Crippen molar-refractivity contribution >= 4 is 22.7 Å². The first-order valence-corrected chi connectivity index (χ1v) is 11.4. The van der Waals surface area contributed by atoms with Gasteiger partial charge in [-0.3, -0.25) is 9.59 Å². The molecule has 1 atom stereocenters. The Hall–Kier alpha value is -3.19. The SMILES string of the molecule is CC(C)(N)C(=O)N[C@H](Cc1c[nH]c2cc(F)ccc12)C(=O)N1CCC(c2ccccc2)CC1. The molecule has 1 fully saturated rings. The van der Waals surface area contributed by atoms with Crippen LogP contribution in [0.5, 0.6) is 0 Å². The maximum atomic E-state index is 13.6. The third kappa shape index (κ3) is 5.25. The number of halogens is 1. The van der Waals surface area contributed by atoms with E-state index < -0.39 is 11.6 Å². The Morgan fingerprint density at radius 3 is 2.55 bits per heavy atom. The number of aromatic amines is 1. The second kappa shape index (κ2) is 9.35. The molecule has 0 saturated carbocycles. The van der Waals surface area contributed by atoms with Crippen LogP contribution in [-0.4, -0.2) is 46.4 Å². The minimum atomic E-state index is -1.11. The van der Waals surface area contributed by atoms with Crippen LogP contribution in [0.15, 0.2) is 54.7 Å². The summed E-state index contributed by atoms with van der Waals surface area (Å²) in [6, 6.07) is 14.1. The number of nitrogens with one attached hydrogen (secondary N) is 2. The van der Waals surface area contributed by atoms with Crippen molar-refractivity contribution in [1.29, 1.82) is 0 Å². The van der Waals surface area contributed by atoms with E-state index in [1.165, 1.54) is 17.7 Å². The number of rotatable bonds is 6. The van der Waals surface area contributed by atoms with Crippen molar-refractivity contribution in [3.8, 4) is 0 Å². The highest BCUT2D eigenvalue weighted by Gasteiger charge is 2.33. The molecule has 2 aromatic carbocycles. The van der Waals surface area contributed by atoms with Gasteiger partial charge in [-0.25, -0.2) is 4.39 Å². The first-order chi connectivity index (χ1) is 15.7. The van der Waals surface area contributed by atoms with Gasteiger partial charge in [0.25, 0.3) is 0 Å². The first-order valence-electron chi connectivity index (χ1n) is 11.4. The topological polar surface area (TPSA) is 91.2 Å². The van der Waals surface area contributed by atoms with Crippen molar-refractivity contribution in [2.75, 3.05) is 13.1 Å². The van der Waals surface area contributed by atoms with Gasteiger partial charge in [0.1, 0.15) is 11.9 Å². The van der Waals surface area contributed by atoms with E-state index in [4.69, 9.17) is 5.73 Å². The van der Waals surface area contributed by atoms with E-state index in [9.17, 15) is 14.0 Å². The summed E-state index contributed by atoms with van der Waals surface area (Å²) in [6.45, 7) is 4.50. The minimum Gasteiger partial charge on any atom is -0.361 e. The minimum absolute atomic E-state index is 0.115. The van der Waals surface area contributed by atoms with E-state index in [1.54, 1.807) is 26.1 Å². The molecule has 0 radical (unpaired) electrons. The summed E-state index contributed by atoms with van der Waals surface area (Å²) >= 11 is 0. The number of carbonyl (C=O) groups excluding carboxylic acids is 2. The normalized spacial score (nSPS) is 16.1. The molecule has 4 rings (SSSR count). The number of fused-ring (bicyclic) bond motifs is 1. The highest BCUT2D eigenvalue weighted by Crippen LogP contribution is 2.28. The quantitative estimate of drug-likeness (QED) is 0.537. The summed E-state index contributed by atoms with van der Waals surface area (Å²) in [4.78, 5) is 31.1. The molecule has 174 valence electrons. The number of nitrogens with two attached hydrogens (primary N) is 1. The molecule has 6 nitrogen and oxygen atoms in total. The average Bonchev–Trinajstić information content (AvgIpc) is 3.19. The van der Waals surface area contributed by atoms with Crippen LogP contribution in [0.25, 0.3) is 10.9 Å². The number of carbonyl (C=O) groups is 2. The predicted octanol–water partition coefficient (Wildman–Crippen LogP) is 3.48. The second-order valence-corrected chi connectivity index (χ2v) is 9.47. The molecule has 2 amide bonds. The number of hydrogen-bond acceptors (Lipinski definition) is 3. The first kappa shape index (κ1) is 23.0. The number of amides is 2. The molecule has 1 aromatic heterocycles. The number of piperidine rings is 1. The molecule has 0 spiro atoms. The van der Waals surface area contributed by atoms with Crippen molar-refractivity contribution in [2.45, 2.75) is 50.6 Å². The number of hydrogen-bond donors (Lipinski definition) is 3. The molecular weight excluding hydrogens is 419 g/mol. The lowest BCUT2D eigenvalue weighted by molar-refractivity contribution is -0.138. The maximum absolute atomic E-state index is 13.6. The van der Waals surface area contributed by atoms with E-state index >= 15 is 0 Å². The molecule has 2 heterocycles. The molecular formula is C26H31FN4O2. The standard InChI is InChI=1S/C26H31FN4O2/c1-26(2,28)25(33)30-23(14-19-16-29-22-15-20(27)8-9-21(19)22)24(32)31-12-10-18(11-13-31)17-6-4-3-5-7-17/h3-9,15-16,18,23,29H,10-14,28H2,1-2H3,(H,30,33)/t23-/m1/s1. The third-order valence-corrected chi connectivity index (χ3v) is 6.42. The fourth-order valence-corrected chi connectivity index (χ4v) is 4.47. The van der Waals surface area contributed by atoms with Gasteiger partial charge in [-0.15, -0.1) is 0 Å². The largest absolute Gasteiger partial charge is 0.361 e. The molecule has 0 aliphatic carbocycles. The number of benzene rings is 2. The molecule has 33 heavy (non-hydrogen) atoms. The van der Waals surface area contributed by atoms with Crippen molar-refractivity contribution in [3.05, 3.63) is 71.7 Å². The van der Waals surface area contributed by atoms with E-state index in [-0.39, 0.29) is 17.6 Å². The van der Waals surface area contributed by atoms with Gasteiger partial charge in [0.15, 0.2) is 0 Å². The van der Waals surface area contributed by atoms with Gasteiger partial charge in [-0.1, -0.05) is 30.3 Å². The lowest BCUT2D eigenvalue weighted by atomic mass is 9.89. The van der Waals surface area contributed by atoms with Gasteiger partial charge in [0.05, 0.1) is 5.54 Å². The van der Waals surface area contributed by atoms with Gasteiger partial charge >= 0.3 is 0 Å². The highest BCUT2D eigenvalue weighted by molar-refractivity contribution is 5.92. The Bertz CT molecular complexity index is 1130. The molecule has 0 bridgehead atoms. The van der Waals surface area contributed by atoms with Crippen LogP contribution in [-0.2, 0) is 16.0 Å². The smallest absolute Gasteiger partial charge is 0.245 e. The van der Waals surface area contributed by atoms with Crippen LogP contribution in [0, 0.1) is 5.82 Å². The Morgan fingerprint density at radius 1 is 1.18 bits per heavy atom. The van der Waals surface area contributed by atoms with Crippen molar-refractivity contribution in [3.63, 3.8) is 0 Å². The Morgan fingerprint density at radius 2 is 1.88 bits per heavy atom. The number of H-pyrrole nitrogens is 1. The Balaban J connectivity index is 1.51. The zero-order chi connectivity index (χ0) is 23.6. The van der Waals surface area contributed by atoms with Gasteiger partial charge in [-0.05, 0) is 61.9 Å². The van der Waals surface area contributed by atoms with Crippen molar-refractivity contribution in [2.24, 2.45) is 5.73 Å². The fraction of sp³-hybridized carbons (Fsp3) is 0.385. The van der Waals surface area contributed by atoms with Crippen LogP contribution in [0.3, 0.4) is 0 Å². The summed E-state index contributed by atoms with van der Waals surface area (Å²) in [5, 5.41) is 3.70. The highest BCUT2D eigenvalue weighted by atomic mass is 19.1. The molecule has 1 aliphatic heterocycles. The zero-order valence-corrected chi connectivity index (χ0v) is 19.1. The Kier molecular flexibility index (Phi) is 6.51. The summed E-state index contributed by atoms with van der Waals surface area (Å²) < 4.78 is 13.6. The van der Waals surface area contributed by atoms with Crippen molar-refractivity contribution < 1.29 is 14.0 Å². The molecule has 4 N–H and O–H groups in total. The molecule has 3 aromatic rings. The summed E-state index contributed by atoms with van der Waals surface area (Å²) in [6.07, 6.45) is 3.83. The molecule has 1 saturated heterocycles. The lowest BCUT2D eigenvalue weighted by Gasteiger charge is -2.35. The molecule has 1 aliphatic rings. The average molecular weight is 451 g/mol. The fourth-order valence-electron chi connectivity index (χ4n) is 4.47. The molecule has 7 heteroatoms. The number of nitrogens with zero attached hydrogens (tertiary/aromatic N) is 1. The van der Waals surface area contributed by atoms with Crippen LogP contribution in [0.4, 0.5) is 4.39 Å². The summed E-state index contributed by atoms with van der Waals surface area (Å²) in [7, 11) is 0. The van der Waals surface area contributed by atoms with Gasteiger partial charge in [0.2, 0.25) is 11.8 Å². The van der Waals surface area contributed by atoms with Gasteiger partial charge in [-0.2, -0.15) is 0 Å². The predicted molar refractivity (Wildman–Crippen MR) is 127 cm³/mol. The van der Waals surface area contributed by atoms with E-state index in [2.05, 4.69) is 22.4 Å². The van der Waals surface area contributed by atoms with Gasteiger partial charge in [0, 0.05) is 36.6 Å². The van der Waals surface area contributed by atoms with E-state index in [1.807, 2.05) is 23.1 Å². The summed E-state index contributed by atoms with van der Waals surface area (Å²) in [5.74, 6) is -0.403. The van der Waals surface area contributed by atoms with Crippen LogP contribution in [0.2, 0.25) is 0 Å².